The van der Waals surface area contributed by atoms with Crippen molar-refractivity contribution < 1.29 is 8.81 Å². The first kappa shape index (κ1) is 13.2. The molecule has 1 saturated carbocycles. The van der Waals surface area contributed by atoms with Crippen LogP contribution < -0.4 is 5.32 Å². The van der Waals surface area contributed by atoms with Crippen LogP contribution in [0.2, 0.25) is 0 Å². The Balaban J connectivity index is 1.60. The van der Waals surface area contributed by atoms with E-state index in [2.05, 4.69) is 15.5 Å². The molecule has 4 nitrogen and oxygen atoms in total. The highest BCUT2D eigenvalue weighted by molar-refractivity contribution is 5.57. The van der Waals surface area contributed by atoms with Crippen LogP contribution in [-0.2, 0) is 6.42 Å². The Kier molecular flexibility index (Phi) is 3.78. The average molecular weight is 275 g/mol. The molecule has 1 aromatic heterocycles. The second kappa shape index (κ2) is 5.71. The van der Waals surface area contributed by atoms with E-state index in [1.54, 1.807) is 6.07 Å². The quantitative estimate of drug-likeness (QED) is 0.824. The highest BCUT2D eigenvalue weighted by Crippen LogP contribution is 2.23. The zero-order chi connectivity index (χ0) is 13.9. The van der Waals surface area contributed by atoms with Crippen LogP contribution in [0.25, 0.3) is 11.5 Å². The van der Waals surface area contributed by atoms with Gasteiger partial charge in [-0.05, 0) is 56.5 Å². The molecule has 0 aliphatic heterocycles. The van der Waals surface area contributed by atoms with Crippen molar-refractivity contribution in [3.63, 3.8) is 0 Å². The van der Waals surface area contributed by atoms with Crippen LogP contribution in [0.3, 0.4) is 0 Å². The number of benzene rings is 1. The summed E-state index contributed by atoms with van der Waals surface area (Å²) >= 11 is 0. The molecule has 20 heavy (non-hydrogen) atoms. The minimum Gasteiger partial charge on any atom is -0.421 e. The number of aromatic nitrogens is 2. The van der Waals surface area contributed by atoms with Gasteiger partial charge < -0.3 is 9.73 Å². The molecule has 1 aromatic carbocycles. The van der Waals surface area contributed by atoms with Crippen LogP contribution in [0.5, 0.6) is 0 Å². The van der Waals surface area contributed by atoms with E-state index in [4.69, 9.17) is 4.42 Å². The van der Waals surface area contributed by atoms with E-state index < -0.39 is 0 Å². The molecular formula is C15H18FN3O. The normalized spacial score (nSPS) is 14.7. The van der Waals surface area contributed by atoms with Gasteiger partial charge in [-0.15, -0.1) is 10.2 Å². The Morgan fingerprint density at radius 2 is 2.20 bits per heavy atom. The molecule has 106 valence electrons. The smallest absolute Gasteiger partial charge is 0.248 e. The van der Waals surface area contributed by atoms with E-state index in [0.29, 0.717) is 11.8 Å². The number of hydrogen-bond acceptors (Lipinski definition) is 4. The predicted molar refractivity (Wildman–Crippen MR) is 73.8 cm³/mol. The summed E-state index contributed by atoms with van der Waals surface area (Å²) in [7, 11) is 0. The maximum atomic E-state index is 13.1. The van der Waals surface area contributed by atoms with Crippen molar-refractivity contribution >= 4 is 0 Å². The summed E-state index contributed by atoms with van der Waals surface area (Å²) in [6.45, 7) is 2.82. The Morgan fingerprint density at radius 1 is 1.35 bits per heavy atom. The Morgan fingerprint density at radius 3 is 2.95 bits per heavy atom. The van der Waals surface area contributed by atoms with Crippen molar-refractivity contribution in [3.05, 3.63) is 35.5 Å². The van der Waals surface area contributed by atoms with Gasteiger partial charge in [-0.1, -0.05) is 0 Å². The zero-order valence-corrected chi connectivity index (χ0v) is 11.5. The number of rotatable bonds is 6. The summed E-state index contributed by atoms with van der Waals surface area (Å²) < 4.78 is 18.7. The third-order valence-electron chi connectivity index (χ3n) is 3.46. The van der Waals surface area contributed by atoms with Gasteiger partial charge in [0.1, 0.15) is 5.82 Å². The van der Waals surface area contributed by atoms with Crippen LogP contribution >= 0.6 is 0 Å². The monoisotopic (exact) mass is 275 g/mol. The SMILES string of the molecule is Cc1cc(F)ccc1-c1nnc(CCCNC2CC2)o1. The molecule has 3 rings (SSSR count). The molecule has 0 amide bonds. The molecular weight excluding hydrogens is 257 g/mol. The fraction of sp³-hybridized carbons (Fsp3) is 0.467. The number of nitrogens with one attached hydrogen (secondary N) is 1. The molecule has 0 unspecified atom stereocenters. The van der Waals surface area contributed by atoms with Crippen LogP contribution in [0.1, 0.15) is 30.7 Å². The van der Waals surface area contributed by atoms with Crippen molar-refractivity contribution in [2.75, 3.05) is 6.54 Å². The van der Waals surface area contributed by atoms with Gasteiger partial charge in [0.25, 0.3) is 0 Å². The lowest BCUT2D eigenvalue weighted by molar-refractivity contribution is 0.490. The minimum absolute atomic E-state index is 0.253. The molecule has 5 heteroatoms. The van der Waals surface area contributed by atoms with Crippen molar-refractivity contribution in [2.24, 2.45) is 0 Å². The topological polar surface area (TPSA) is 51.0 Å². The second-order valence-electron chi connectivity index (χ2n) is 5.29. The summed E-state index contributed by atoms with van der Waals surface area (Å²) in [5, 5.41) is 11.5. The third-order valence-corrected chi connectivity index (χ3v) is 3.46. The number of hydrogen-bond donors (Lipinski definition) is 1. The maximum Gasteiger partial charge on any atom is 0.248 e. The van der Waals surface area contributed by atoms with Crippen LogP contribution in [0.4, 0.5) is 4.39 Å². The van der Waals surface area contributed by atoms with Gasteiger partial charge in [0.2, 0.25) is 11.8 Å². The van der Waals surface area contributed by atoms with Gasteiger partial charge in [0, 0.05) is 18.0 Å². The summed E-state index contributed by atoms with van der Waals surface area (Å²) in [5.41, 5.74) is 1.59. The lowest BCUT2D eigenvalue weighted by Crippen LogP contribution is -2.17. The van der Waals surface area contributed by atoms with E-state index in [1.165, 1.54) is 25.0 Å². The van der Waals surface area contributed by atoms with E-state index in [0.717, 1.165) is 36.6 Å². The van der Waals surface area contributed by atoms with E-state index in [9.17, 15) is 4.39 Å². The van der Waals surface area contributed by atoms with Crippen molar-refractivity contribution in [1.82, 2.24) is 15.5 Å². The van der Waals surface area contributed by atoms with E-state index in [1.807, 2.05) is 6.92 Å². The summed E-state index contributed by atoms with van der Waals surface area (Å²) in [6.07, 6.45) is 4.36. The molecule has 1 aliphatic rings. The summed E-state index contributed by atoms with van der Waals surface area (Å²) in [5.74, 6) is 0.853. The largest absolute Gasteiger partial charge is 0.421 e. The minimum atomic E-state index is -0.253. The number of aryl methyl sites for hydroxylation is 2. The molecule has 1 heterocycles. The Hall–Kier alpha value is -1.75. The molecule has 1 fully saturated rings. The van der Waals surface area contributed by atoms with Crippen molar-refractivity contribution in [3.8, 4) is 11.5 Å². The summed E-state index contributed by atoms with van der Waals surface area (Å²) in [6, 6.07) is 5.29. The lowest BCUT2D eigenvalue weighted by atomic mass is 10.1. The first-order chi connectivity index (χ1) is 9.72. The van der Waals surface area contributed by atoms with Crippen molar-refractivity contribution in [2.45, 2.75) is 38.6 Å². The van der Waals surface area contributed by atoms with Gasteiger partial charge in [-0.3, -0.25) is 0 Å². The van der Waals surface area contributed by atoms with Crippen LogP contribution in [0.15, 0.2) is 22.6 Å². The van der Waals surface area contributed by atoms with Gasteiger partial charge in [0.05, 0.1) is 0 Å². The molecule has 0 radical (unpaired) electrons. The van der Waals surface area contributed by atoms with E-state index in [-0.39, 0.29) is 5.82 Å². The maximum absolute atomic E-state index is 13.1. The van der Waals surface area contributed by atoms with Crippen LogP contribution in [-0.4, -0.2) is 22.8 Å². The standard InChI is InChI=1S/C15H18FN3O/c1-10-9-11(16)4-7-13(10)15-19-18-14(20-15)3-2-8-17-12-5-6-12/h4,7,9,12,17H,2-3,5-6,8H2,1H3. The summed E-state index contributed by atoms with van der Waals surface area (Å²) in [4.78, 5) is 0. The Labute approximate surface area is 117 Å². The van der Waals surface area contributed by atoms with Crippen LogP contribution in [0, 0.1) is 12.7 Å². The molecule has 1 N–H and O–H groups in total. The van der Waals surface area contributed by atoms with Gasteiger partial charge in [-0.2, -0.15) is 0 Å². The molecule has 0 bridgehead atoms. The first-order valence-electron chi connectivity index (χ1n) is 7.04. The fourth-order valence-corrected chi connectivity index (χ4v) is 2.16. The highest BCUT2D eigenvalue weighted by atomic mass is 19.1. The molecule has 1 aliphatic carbocycles. The van der Waals surface area contributed by atoms with Gasteiger partial charge in [-0.25, -0.2) is 4.39 Å². The molecule has 0 spiro atoms. The number of halogens is 1. The number of nitrogens with zero attached hydrogens (tertiary/aromatic N) is 2. The van der Waals surface area contributed by atoms with Crippen molar-refractivity contribution in [1.29, 1.82) is 0 Å². The predicted octanol–water partition coefficient (Wildman–Crippen LogP) is 2.87. The zero-order valence-electron chi connectivity index (χ0n) is 11.5. The third kappa shape index (κ3) is 3.22. The molecule has 0 saturated heterocycles. The second-order valence-corrected chi connectivity index (χ2v) is 5.29. The molecule has 0 atom stereocenters. The highest BCUT2D eigenvalue weighted by Gasteiger charge is 2.19. The van der Waals surface area contributed by atoms with Gasteiger partial charge in [0.15, 0.2) is 0 Å². The van der Waals surface area contributed by atoms with Gasteiger partial charge >= 0.3 is 0 Å². The molecule has 2 aromatic rings. The average Bonchev–Trinajstić information content (AvgIpc) is 3.13. The first-order valence-corrected chi connectivity index (χ1v) is 7.04. The lowest BCUT2D eigenvalue weighted by Gasteiger charge is -2.01. The van der Waals surface area contributed by atoms with E-state index >= 15 is 0 Å². The fourth-order valence-electron chi connectivity index (χ4n) is 2.16. The Bertz CT molecular complexity index is 593.